The molecule has 0 unspecified atom stereocenters. The van der Waals surface area contributed by atoms with E-state index in [1.54, 1.807) is 30.5 Å². The van der Waals surface area contributed by atoms with E-state index in [0.717, 1.165) is 23.2 Å². The number of aldehydes is 1. The van der Waals surface area contributed by atoms with Crippen molar-refractivity contribution in [3.05, 3.63) is 59.0 Å². The molecule has 0 atom stereocenters. The average Bonchev–Trinajstić information content (AvgIpc) is 3.29. The van der Waals surface area contributed by atoms with E-state index in [4.69, 9.17) is 15.9 Å². The monoisotopic (exact) mass is 635 g/mol. The van der Waals surface area contributed by atoms with Gasteiger partial charge < -0.3 is 11.1 Å². The standard InChI is InChI=1S/C22H23N3O5S4.C2HF3O/c1-13-6-4-9-16(25-19(26)12-33(3,27)28)20(13)14-7-5-8-15(10-14)34(29,30)18-11-17(21(23)24)32-22(18)31-2;3-2(4,5)1-6/h4-11H,12H2,1-3H3,(H3,23,24)(H,25,26);1H. The number of rotatable bonds is 8. The molecule has 0 bridgehead atoms. The van der Waals surface area contributed by atoms with E-state index in [-0.39, 0.29) is 15.6 Å². The van der Waals surface area contributed by atoms with E-state index in [2.05, 4.69) is 5.32 Å². The van der Waals surface area contributed by atoms with Gasteiger partial charge in [0.2, 0.25) is 22.0 Å². The summed E-state index contributed by atoms with van der Waals surface area (Å²) in [5.41, 5.74) is 7.84. The lowest BCUT2D eigenvalue weighted by Gasteiger charge is -2.15. The topological polar surface area (TPSA) is 164 Å². The zero-order valence-electron chi connectivity index (χ0n) is 21.2. The first-order valence-electron chi connectivity index (χ1n) is 10.9. The number of thioether (sulfide) groups is 1. The summed E-state index contributed by atoms with van der Waals surface area (Å²) in [6.45, 7) is 1.81. The number of thiophene rings is 1. The minimum absolute atomic E-state index is 0.0462. The van der Waals surface area contributed by atoms with Gasteiger partial charge in [-0.05, 0) is 48.6 Å². The van der Waals surface area contributed by atoms with Crippen LogP contribution in [0.2, 0.25) is 0 Å². The fraction of sp³-hybridized carbons (Fsp3) is 0.208. The number of nitrogen functional groups attached to an aromatic ring is 1. The fourth-order valence-corrected chi connectivity index (χ4v) is 7.80. The van der Waals surface area contributed by atoms with Gasteiger partial charge in [0, 0.05) is 17.5 Å². The quantitative estimate of drug-likeness (QED) is 0.143. The van der Waals surface area contributed by atoms with Crippen molar-refractivity contribution in [1.82, 2.24) is 0 Å². The number of halogens is 3. The molecular formula is C24H24F3N3O6S4. The van der Waals surface area contributed by atoms with E-state index < -0.39 is 43.8 Å². The van der Waals surface area contributed by atoms with E-state index in [0.29, 0.717) is 25.9 Å². The molecule has 0 fully saturated rings. The number of sulfone groups is 2. The Kier molecular flexibility index (Phi) is 10.7. The van der Waals surface area contributed by atoms with Crippen LogP contribution in [-0.2, 0) is 29.3 Å². The first-order valence-corrected chi connectivity index (χ1v) is 16.5. The van der Waals surface area contributed by atoms with Gasteiger partial charge in [0.1, 0.15) is 11.6 Å². The van der Waals surface area contributed by atoms with Gasteiger partial charge in [-0.2, -0.15) is 13.2 Å². The third-order valence-corrected chi connectivity index (χ3v) is 10.0. The Morgan fingerprint density at radius 2 is 1.73 bits per heavy atom. The highest BCUT2D eigenvalue weighted by atomic mass is 32.2. The number of nitrogens with two attached hydrogens (primary N) is 1. The van der Waals surface area contributed by atoms with Crippen LogP contribution in [0.4, 0.5) is 18.9 Å². The number of carbonyl (C=O) groups is 2. The third-order valence-electron chi connectivity index (χ3n) is 4.91. The van der Waals surface area contributed by atoms with E-state index in [1.165, 1.54) is 30.0 Å². The molecule has 0 saturated carbocycles. The molecule has 2 aromatic carbocycles. The molecule has 0 aliphatic heterocycles. The Morgan fingerprint density at radius 3 is 2.25 bits per heavy atom. The molecule has 1 amide bonds. The first-order chi connectivity index (χ1) is 18.4. The third kappa shape index (κ3) is 8.90. The number of amidine groups is 1. The molecule has 0 spiro atoms. The van der Waals surface area contributed by atoms with Crippen LogP contribution in [-0.4, -0.2) is 59.3 Å². The van der Waals surface area contributed by atoms with Crippen LogP contribution in [0.5, 0.6) is 0 Å². The van der Waals surface area contributed by atoms with Crippen LogP contribution in [0.25, 0.3) is 11.1 Å². The predicted octanol–water partition coefficient (Wildman–Crippen LogP) is 4.29. The molecule has 9 nitrogen and oxygen atoms in total. The van der Waals surface area contributed by atoms with Crippen molar-refractivity contribution in [3.63, 3.8) is 0 Å². The highest BCUT2D eigenvalue weighted by Crippen LogP contribution is 2.38. The maximum atomic E-state index is 13.5. The summed E-state index contributed by atoms with van der Waals surface area (Å²) in [5, 5.41) is 10.3. The molecule has 0 aliphatic rings. The molecule has 0 aliphatic carbocycles. The maximum Gasteiger partial charge on any atom is 0.446 e. The van der Waals surface area contributed by atoms with Gasteiger partial charge in [-0.3, -0.25) is 15.0 Å². The van der Waals surface area contributed by atoms with Crippen LogP contribution in [0.1, 0.15) is 10.4 Å². The molecule has 3 aromatic rings. The highest BCUT2D eigenvalue weighted by Gasteiger charge is 2.26. The molecule has 16 heteroatoms. The van der Waals surface area contributed by atoms with Crippen LogP contribution >= 0.6 is 23.1 Å². The Morgan fingerprint density at radius 1 is 1.12 bits per heavy atom. The Balaban J connectivity index is 0.000000840. The lowest BCUT2D eigenvalue weighted by atomic mass is 9.98. The normalized spacial score (nSPS) is 11.8. The van der Waals surface area contributed by atoms with Crippen molar-refractivity contribution in [2.45, 2.75) is 27.1 Å². The number of alkyl halides is 3. The fourth-order valence-electron chi connectivity index (χ4n) is 3.35. The summed E-state index contributed by atoms with van der Waals surface area (Å²) in [6.07, 6.45) is -2.97. The van der Waals surface area contributed by atoms with Crippen molar-refractivity contribution >= 4 is 66.5 Å². The van der Waals surface area contributed by atoms with E-state index >= 15 is 0 Å². The summed E-state index contributed by atoms with van der Waals surface area (Å²) >= 11 is 2.41. The number of amides is 1. The summed E-state index contributed by atoms with van der Waals surface area (Å²) in [7, 11) is -7.44. The van der Waals surface area contributed by atoms with Gasteiger partial charge in [0.05, 0.1) is 18.9 Å². The second-order valence-corrected chi connectivity index (χ2v) is 14.4. The Labute approximate surface area is 237 Å². The van der Waals surface area contributed by atoms with Gasteiger partial charge in [0.25, 0.3) is 0 Å². The number of hydrogen-bond donors (Lipinski definition) is 3. The lowest BCUT2D eigenvalue weighted by molar-refractivity contribution is -0.156. The SMILES string of the molecule is CSc1sc(C(=N)N)cc1S(=O)(=O)c1cccc(-c2c(C)cccc2NC(=O)CS(C)(=O)=O)c1.O=CC(F)(F)F. The molecule has 0 saturated heterocycles. The van der Waals surface area contributed by atoms with Crippen LogP contribution < -0.4 is 11.1 Å². The maximum absolute atomic E-state index is 13.5. The minimum Gasteiger partial charge on any atom is -0.383 e. The summed E-state index contributed by atoms with van der Waals surface area (Å²) in [4.78, 5) is 21.4. The van der Waals surface area contributed by atoms with Crippen LogP contribution in [0.3, 0.4) is 0 Å². The minimum atomic E-state index is -4.64. The van der Waals surface area contributed by atoms with Gasteiger partial charge in [-0.1, -0.05) is 24.3 Å². The molecule has 216 valence electrons. The van der Waals surface area contributed by atoms with Crippen molar-refractivity contribution in [1.29, 1.82) is 5.41 Å². The zero-order chi connectivity index (χ0) is 30.5. The molecule has 1 aromatic heterocycles. The molecule has 4 N–H and O–H groups in total. The molecule has 0 radical (unpaired) electrons. The second-order valence-electron chi connectivity index (χ2n) is 8.19. The summed E-state index contributed by atoms with van der Waals surface area (Å²) in [5.74, 6) is -1.55. The number of aryl methyl sites for hydroxylation is 1. The second kappa shape index (κ2) is 13.0. The number of anilines is 1. The van der Waals surface area contributed by atoms with Crippen molar-refractivity contribution in [2.75, 3.05) is 23.6 Å². The largest absolute Gasteiger partial charge is 0.446 e. The van der Waals surface area contributed by atoms with Gasteiger partial charge in [-0.25, -0.2) is 16.8 Å². The van der Waals surface area contributed by atoms with Crippen molar-refractivity contribution in [3.8, 4) is 11.1 Å². The average molecular weight is 636 g/mol. The van der Waals surface area contributed by atoms with Gasteiger partial charge in [-0.15, -0.1) is 23.1 Å². The smallest absolute Gasteiger partial charge is 0.383 e. The number of nitrogens with one attached hydrogen (secondary N) is 2. The van der Waals surface area contributed by atoms with Crippen molar-refractivity contribution < 1.29 is 39.6 Å². The Bertz CT molecular complexity index is 1650. The summed E-state index contributed by atoms with van der Waals surface area (Å²) < 4.78 is 81.7. The number of carbonyl (C=O) groups excluding carboxylic acids is 2. The van der Waals surface area contributed by atoms with Crippen LogP contribution in [0.15, 0.2) is 62.5 Å². The lowest BCUT2D eigenvalue weighted by Crippen LogP contribution is -2.22. The van der Waals surface area contributed by atoms with E-state index in [1.807, 2.05) is 13.0 Å². The predicted molar refractivity (Wildman–Crippen MR) is 150 cm³/mol. The molecule has 40 heavy (non-hydrogen) atoms. The number of benzene rings is 2. The molecule has 1 heterocycles. The first kappa shape index (κ1) is 33.0. The Hall–Kier alpha value is -3.21. The van der Waals surface area contributed by atoms with Crippen molar-refractivity contribution in [2.24, 2.45) is 5.73 Å². The van der Waals surface area contributed by atoms with Gasteiger partial charge >= 0.3 is 6.18 Å². The van der Waals surface area contributed by atoms with Gasteiger partial charge in [0.15, 0.2) is 9.84 Å². The molecule has 3 rings (SSSR count). The molecular weight excluding hydrogens is 612 g/mol. The van der Waals surface area contributed by atoms with E-state index in [9.17, 15) is 34.8 Å². The number of hydrogen-bond acceptors (Lipinski definition) is 9. The summed E-state index contributed by atoms with van der Waals surface area (Å²) in [6, 6.07) is 12.9. The highest BCUT2D eigenvalue weighted by molar-refractivity contribution is 8.01. The van der Waals surface area contributed by atoms with Crippen LogP contribution in [0, 0.1) is 12.3 Å². The zero-order valence-corrected chi connectivity index (χ0v) is 24.5.